The monoisotopic (exact) mass is 295 g/mol. The molecular formula is C18H17NO3. The average Bonchev–Trinajstić information content (AvgIpc) is 2.59. The van der Waals surface area contributed by atoms with E-state index in [1.165, 1.54) is 0 Å². The van der Waals surface area contributed by atoms with Crippen LogP contribution in [-0.2, 0) is 10.4 Å². The van der Waals surface area contributed by atoms with Crippen molar-refractivity contribution in [3.8, 4) is 11.8 Å². The maximum Gasteiger partial charge on any atom is 0.262 e. The van der Waals surface area contributed by atoms with E-state index in [9.17, 15) is 9.90 Å². The van der Waals surface area contributed by atoms with Crippen LogP contribution in [0.5, 0.6) is 0 Å². The lowest BCUT2D eigenvalue weighted by Crippen LogP contribution is -2.45. The third-order valence-electron chi connectivity index (χ3n) is 3.25. The Kier molecular flexibility index (Phi) is 5.31. The molecule has 2 aromatic rings. The molecule has 0 radical (unpaired) electrons. The molecule has 0 atom stereocenters. The second-order valence-corrected chi connectivity index (χ2v) is 4.64. The lowest BCUT2D eigenvalue weighted by molar-refractivity contribution is -0.136. The van der Waals surface area contributed by atoms with E-state index in [4.69, 9.17) is 5.11 Å². The predicted molar refractivity (Wildman–Crippen MR) is 83.8 cm³/mol. The van der Waals surface area contributed by atoms with Gasteiger partial charge in [-0.15, -0.1) is 0 Å². The highest BCUT2D eigenvalue weighted by atomic mass is 16.3. The first kappa shape index (κ1) is 15.8. The van der Waals surface area contributed by atoms with Gasteiger partial charge in [-0.2, -0.15) is 0 Å². The summed E-state index contributed by atoms with van der Waals surface area (Å²) in [6, 6.07) is 17.5. The summed E-state index contributed by atoms with van der Waals surface area (Å²) in [4.78, 5) is 12.5. The van der Waals surface area contributed by atoms with E-state index in [-0.39, 0.29) is 13.2 Å². The number of carbonyl (C=O) groups is 1. The number of benzene rings is 2. The van der Waals surface area contributed by atoms with Crippen LogP contribution in [0.25, 0.3) is 0 Å². The van der Waals surface area contributed by atoms with Gasteiger partial charge >= 0.3 is 0 Å². The number of amides is 1. The number of rotatable bonds is 4. The SMILES string of the molecule is O=C(NCC#CCO)C(O)(c1ccccc1)c1ccccc1. The van der Waals surface area contributed by atoms with Crippen LogP contribution in [0.4, 0.5) is 0 Å². The molecule has 1 amide bonds. The fourth-order valence-electron chi connectivity index (χ4n) is 2.16. The van der Waals surface area contributed by atoms with Crippen molar-refractivity contribution in [1.29, 1.82) is 0 Å². The Morgan fingerprint density at radius 2 is 1.45 bits per heavy atom. The molecule has 0 aliphatic carbocycles. The summed E-state index contributed by atoms with van der Waals surface area (Å²) in [6.07, 6.45) is 0. The Hall–Kier alpha value is -2.61. The number of carbonyl (C=O) groups excluding carboxylic acids is 1. The van der Waals surface area contributed by atoms with Gasteiger partial charge in [0.25, 0.3) is 5.91 Å². The molecule has 2 aromatic carbocycles. The van der Waals surface area contributed by atoms with Gasteiger partial charge in [0.05, 0.1) is 6.54 Å². The van der Waals surface area contributed by atoms with Crippen molar-refractivity contribution in [1.82, 2.24) is 5.32 Å². The third kappa shape index (κ3) is 3.34. The Labute approximate surface area is 129 Å². The fraction of sp³-hybridized carbons (Fsp3) is 0.167. The van der Waals surface area contributed by atoms with Gasteiger partial charge in [-0.1, -0.05) is 72.5 Å². The van der Waals surface area contributed by atoms with Gasteiger partial charge < -0.3 is 15.5 Å². The van der Waals surface area contributed by atoms with Crippen molar-refractivity contribution in [3.05, 3.63) is 71.8 Å². The quantitative estimate of drug-likeness (QED) is 0.738. The van der Waals surface area contributed by atoms with Crippen molar-refractivity contribution in [2.75, 3.05) is 13.2 Å². The Morgan fingerprint density at radius 1 is 0.955 bits per heavy atom. The van der Waals surface area contributed by atoms with Gasteiger partial charge in [0, 0.05) is 0 Å². The Bertz CT molecular complexity index is 632. The molecule has 4 nitrogen and oxygen atoms in total. The van der Waals surface area contributed by atoms with Crippen molar-refractivity contribution in [3.63, 3.8) is 0 Å². The zero-order valence-corrected chi connectivity index (χ0v) is 12.0. The summed E-state index contributed by atoms with van der Waals surface area (Å²) >= 11 is 0. The standard InChI is InChI=1S/C18H17NO3/c20-14-8-7-13-19-17(21)18(22,15-9-3-1-4-10-15)16-11-5-2-6-12-16/h1-6,9-12,20,22H,13-14H2,(H,19,21). The maximum absolute atomic E-state index is 12.5. The van der Waals surface area contributed by atoms with E-state index in [2.05, 4.69) is 17.2 Å². The molecule has 0 unspecified atom stereocenters. The first-order chi connectivity index (χ1) is 10.7. The molecule has 0 fully saturated rings. The van der Waals surface area contributed by atoms with Gasteiger partial charge in [-0.3, -0.25) is 4.79 Å². The number of aliphatic hydroxyl groups is 2. The predicted octanol–water partition coefficient (Wildman–Crippen LogP) is 1.03. The van der Waals surface area contributed by atoms with E-state index in [1.54, 1.807) is 48.5 Å². The topological polar surface area (TPSA) is 69.6 Å². The smallest absolute Gasteiger partial charge is 0.262 e. The van der Waals surface area contributed by atoms with Crippen LogP contribution < -0.4 is 5.32 Å². The Balaban J connectivity index is 2.36. The number of hydrogen-bond donors (Lipinski definition) is 3. The summed E-state index contributed by atoms with van der Waals surface area (Å²) in [6.45, 7) is -0.209. The first-order valence-electron chi connectivity index (χ1n) is 6.88. The zero-order valence-electron chi connectivity index (χ0n) is 12.0. The minimum Gasteiger partial charge on any atom is -0.384 e. The second kappa shape index (κ2) is 7.41. The fourth-order valence-corrected chi connectivity index (χ4v) is 2.16. The van der Waals surface area contributed by atoms with E-state index in [0.29, 0.717) is 11.1 Å². The van der Waals surface area contributed by atoms with Gasteiger partial charge in [0.1, 0.15) is 6.61 Å². The molecule has 0 aliphatic rings. The van der Waals surface area contributed by atoms with Gasteiger partial charge in [0.2, 0.25) is 0 Å². The van der Waals surface area contributed by atoms with Crippen LogP contribution in [0.2, 0.25) is 0 Å². The Morgan fingerprint density at radius 3 is 1.91 bits per heavy atom. The van der Waals surface area contributed by atoms with Crippen LogP contribution in [0.1, 0.15) is 11.1 Å². The lowest BCUT2D eigenvalue weighted by atomic mass is 9.85. The summed E-state index contributed by atoms with van der Waals surface area (Å²) in [5.74, 6) is 4.48. The molecular weight excluding hydrogens is 278 g/mol. The van der Waals surface area contributed by atoms with Crippen LogP contribution in [-0.4, -0.2) is 29.3 Å². The average molecular weight is 295 g/mol. The molecule has 0 aliphatic heterocycles. The largest absolute Gasteiger partial charge is 0.384 e. The molecule has 3 N–H and O–H groups in total. The van der Waals surface area contributed by atoms with Crippen LogP contribution in [0.15, 0.2) is 60.7 Å². The zero-order chi connectivity index (χ0) is 15.8. The minimum atomic E-state index is -1.79. The number of aliphatic hydroxyl groups excluding tert-OH is 1. The van der Waals surface area contributed by atoms with Crippen molar-refractivity contribution in [2.24, 2.45) is 0 Å². The van der Waals surface area contributed by atoms with E-state index in [0.717, 1.165) is 0 Å². The highest BCUT2D eigenvalue weighted by molar-refractivity contribution is 5.90. The lowest BCUT2D eigenvalue weighted by Gasteiger charge is -2.27. The highest BCUT2D eigenvalue weighted by Crippen LogP contribution is 2.29. The van der Waals surface area contributed by atoms with Crippen molar-refractivity contribution < 1.29 is 15.0 Å². The maximum atomic E-state index is 12.5. The molecule has 0 spiro atoms. The molecule has 0 bridgehead atoms. The van der Waals surface area contributed by atoms with E-state index < -0.39 is 11.5 Å². The normalized spacial score (nSPS) is 10.5. The van der Waals surface area contributed by atoms with E-state index in [1.807, 2.05) is 12.1 Å². The molecule has 0 saturated carbocycles. The minimum absolute atomic E-state index is 0.0569. The molecule has 112 valence electrons. The second-order valence-electron chi connectivity index (χ2n) is 4.64. The molecule has 22 heavy (non-hydrogen) atoms. The van der Waals surface area contributed by atoms with Gasteiger partial charge in [-0.25, -0.2) is 0 Å². The van der Waals surface area contributed by atoms with E-state index >= 15 is 0 Å². The first-order valence-corrected chi connectivity index (χ1v) is 6.88. The summed E-state index contributed by atoms with van der Waals surface area (Å²) < 4.78 is 0. The molecule has 0 heterocycles. The third-order valence-corrected chi connectivity index (χ3v) is 3.25. The van der Waals surface area contributed by atoms with Gasteiger partial charge in [-0.05, 0) is 11.1 Å². The van der Waals surface area contributed by atoms with Crippen molar-refractivity contribution in [2.45, 2.75) is 5.60 Å². The summed E-state index contributed by atoms with van der Waals surface area (Å²) in [5, 5.41) is 22.3. The number of hydrogen-bond acceptors (Lipinski definition) is 3. The van der Waals surface area contributed by atoms with Crippen LogP contribution >= 0.6 is 0 Å². The highest BCUT2D eigenvalue weighted by Gasteiger charge is 2.39. The molecule has 0 aromatic heterocycles. The number of nitrogens with one attached hydrogen (secondary N) is 1. The molecule has 0 saturated heterocycles. The molecule has 4 heteroatoms. The van der Waals surface area contributed by atoms with Crippen molar-refractivity contribution >= 4 is 5.91 Å². The van der Waals surface area contributed by atoms with Crippen LogP contribution in [0.3, 0.4) is 0 Å². The molecule has 2 rings (SSSR count). The summed E-state index contributed by atoms with van der Waals surface area (Å²) in [5.41, 5.74) is -0.828. The van der Waals surface area contributed by atoms with Gasteiger partial charge in [0.15, 0.2) is 5.60 Å². The summed E-state index contributed by atoms with van der Waals surface area (Å²) in [7, 11) is 0. The van der Waals surface area contributed by atoms with Crippen LogP contribution in [0, 0.1) is 11.8 Å².